The third kappa shape index (κ3) is 5.36. The Morgan fingerprint density at radius 2 is 1.81 bits per heavy atom. The van der Waals surface area contributed by atoms with Gasteiger partial charge in [0.25, 0.3) is 5.91 Å². The zero-order valence-electron chi connectivity index (χ0n) is 16.9. The lowest BCUT2D eigenvalue weighted by Gasteiger charge is -2.38. The van der Waals surface area contributed by atoms with Gasteiger partial charge in [0.2, 0.25) is 10.0 Å². The van der Waals surface area contributed by atoms with Crippen molar-refractivity contribution >= 4 is 15.9 Å². The summed E-state index contributed by atoms with van der Waals surface area (Å²) in [7, 11) is -4.13. The summed E-state index contributed by atoms with van der Waals surface area (Å²) in [6.07, 6.45) is 2.59. The molecule has 0 spiro atoms. The standard InChI is InChI=1S/C22H24F2N2O4S/c1-2-11-26-31(28,29)20-14-16(3-8-19(20)24)21(27)25-15-22(9-12-30-13-10-22)17-4-6-18(23)7-5-17/h2-8,14,26H,1,9-13,15H2,(H,25,27). The van der Waals surface area contributed by atoms with Gasteiger partial charge in [0, 0.05) is 37.3 Å². The number of benzene rings is 2. The van der Waals surface area contributed by atoms with Crippen molar-refractivity contribution in [2.45, 2.75) is 23.2 Å². The third-order valence-electron chi connectivity index (χ3n) is 5.39. The molecule has 2 aromatic rings. The van der Waals surface area contributed by atoms with Gasteiger partial charge in [-0.2, -0.15) is 0 Å². The van der Waals surface area contributed by atoms with Gasteiger partial charge in [-0.15, -0.1) is 6.58 Å². The molecule has 1 saturated heterocycles. The highest BCUT2D eigenvalue weighted by Gasteiger charge is 2.35. The lowest BCUT2D eigenvalue weighted by Crippen LogP contribution is -2.44. The van der Waals surface area contributed by atoms with Crippen LogP contribution >= 0.6 is 0 Å². The smallest absolute Gasteiger partial charge is 0.251 e. The van der Waals surface area contributed by atoms with Gasteiger partial charge in [-0.3, -0.25) is 4.79 Å². The number of carbonyl (C=O) groups is 1. The van der Waals surface area contributed by atoms with Crippen molar-refractivity contribution in [1.82, 2.24) is 10.0 Å². The number of ether oxygens (including phenoxy) is 1. The predicted molar refractivity (Wildman–Crippen MR) is 112 cm³/mol. The molecule has 0 atom stereocenters. The Balaban J connectivity index is 1.81. The van der Waals surface area contributed by atoms with Crippen LogP contribution in [0.5, 0.6) is 0 Å². The van der Waals surface area contributed by atoms with E-state index in [2.05, 4.69) is 16.6 Å². The van der Waals surface area contributed by atoms with E-state index >= 15 is 0 Å². The summed E-state index contributed by atoms with van der Waals surface area (Å²) in [5.74, 6) is -1.84. The van der Waals surface area contributed by atoms with Crippen molar-refractivity contribution in [3.63, 3.8) is 0 Å². The molecule has 1 aliphatic rings. The number of amides is 1. The zero-order valence-corrected chi connectivity index (χ0v) is 17.7. The third-order valence-corrected chi connectivity index (χ3v) is 6.83. The summed E-state index contributed by atoms with van der Waals surface area (Å²) in [5.41, 5.74) is 0.456. The van der Waals surface area contributed by atoms with Gasteiger partial charge in [0.1, 0.15) is 16.5 Å². The molecule has 166 valence electrons. The monoisotopic (exact) mass is 450 g/mol. The van der Waals surface area contributed by atoms with Crippen LogP contribution in [0.15, 0.2) is 60.0 Å². The molecule has 1 heterocycles. The van der Waals surface area contributed by atoms with Crippen molar-refractivity contribution in [2.24, 2.45) is 0 Å². The lowest BCUT2D eigenvalue weighted by atomic mass is 9.74. The van der Waals surface area contributed by atoms with Crippen molar-refractivity contribution in [3.05, 3.63) is 77.9 Å². The number of rotatable bonds is 8. The van der Waals surface area contributed by atoms with Gasteiger partial charge in [0.15, 0.2) is 0 Å². The van der Waals surface area contributed by atoms with E-state index in [0.29, 0.717) is 26.1 Å². The van der Waals surface area contributed by atoms with Crippen LogP contribution in [0.25, 0.3) is 0 Å². The van der Waals surface area contributed by atoms with Crippen LogP contribution < -0.4 is 10.0 Å². The summed E-state index contributed by atoms with van der Waals surface area (Å²) in [5, 5.41) is 2.82. The highest BCUT2D eigenvalue weighted by atomic mass is 32.2. The number of hydrogen-bond donors (Lipinski definition) is 2. The van der Waals surface area contributed by atoms with Crippen LogP contribution in [0, 0.1) is 11.6 Å². The maximum atomic E-state index is 14.1. The molecule has 0 aliphatic carbocycles. The van der Waals surface area contributed by atoms with Crippen LogP contribution in [-0.4, -0.2) is 40.6 Å². The molecule has 0 unspecified atom stereocenters. The maximum absolute atomic E-state index is 14.1. The molecule has 6 nitrogen and oxygen atoms in total. The van der Waals surface area contributed by atoms with E-state index in [1.807, 2.05) is 0 Å². The minimum absolute atomic E-state index is 0.0155. The van der Waals surface area contributed by atoms with E-state index < -0.39 is 32.1 Å². The number of carbonyl (C=O) groups excluding carboxylic acids is 1. The fourth-order valence-corrected chi connectivity index (χ4v) is 4.68. The Kier molecular flexibility index (Phi) is 7.19. The number of sulfonamides is 1. The van der Waals surface area contributed by atoms with Crippen molar-refractivity contribution in [1.29, 1.82) is 0 Å². The van der Waals surface area contributed by atoms with Crippen LogP contribution in [0.4, 0.5) is 8.78 Å². The molecule has 0 saturated carbocycles. The molecule has 2 N–H and O–H groups in total. The molecular weight excluding hydrogens is 426 g/mol. The van der Waals surface area contributed by atoms with E-state index in [1.54, 1.807) is 12.1 Å². The lowest BCUT2D eigenvalue weighted by molar-refractivity contribution is 0.0487. The SMILES string of the molecule is C=CCNS(=O)(=O)c1cc(C(=O)NCC2(c3ccc(F)cc3)CCOCC2)ccc1F. The fourth-order valence-electron chi connectivity index (χ4n) is 3.58. The van der Waals surface area contributed by atoms with E-state index in [1.165, 1.54) is 24.3 Å². The second-order valence-electron chi connectivity index (χ2n) is 7.37. The summed E-state index contributed by atoms with van der Waals surface area (Å²) in [4.78, 5) is 12.2. The first-order valence-corrected chi connectivity index (χ1v) is 11.3. The summed E-state index contributed by atoms with van der Waals surface area (Å²) in [6.45, 7) is 4.59. The van der Waals surface area contributed by atoms with Gasteiger partial charge in [0.05, 0.1) is 0 Å². The Labute approximate surface area is 180 Å². The van der Waals surface area contributed by atoms with E-state index in [4.69, 9.17) is 4.74 Å². The Hall–Kier alpha value is -2.62. The van der Waals surface area contributed by atoms with Crippen LogP contribution in [-0.2, 0) is 20.2 Å². The minimum atomic E-state index is -4.13. The van der Waals surface area contributed by atoms with Gasteiger partial charge in [-0.05, 0) is 48.7 Å². The van der Waals surface area contributed by atoms with Gasteiger partial charge < -0.3 is 10.1 Å². The average molecular weight is 451 g/mol. The quantitative estimate of drug-likeness (QED) is 0.606. The first-order chi connectivity index (χ1) is 14.8. The Morgan fingerprint density at radius 1 is 1.13 bits per heavy atom. The number of hydrogen-bond acceptors (Lipinski definition) is 4. The molecular formula is C22H24F2N2O4S. The molecule has 1 amide bonds. The normalized spacial score (nSPS) is 15.9. The molecule has 3 rings (SSSR count). The minimum Gasteiger partial charge on any atom is -0.381 e. The zero-order chi connectivity index (χ0) is 22.5. The summed E-state index contributed by atoms with van der Waals surface area (Å²) >= 11 is 0. The molecule has 31 heavy (non-hydrogen) atoms. The Morgan fingerprint density at radius 3 is 2.45 bits per heavy atom. The van der Waals surface area contributed by atoms with Crippen molar-refractivity contribution in [2.75, 3.05) is 26.3 Å². The van der Waals surface area contributed by atoms with Gasteiger partial charge in [-0.25, -0.2) is 21.9 Å². The molecule has 0 bridgehead atoms. The van der Waals surface area contributed by atoms with E-state index in [9.17, 15) is 22.0 Å². The maximum Gasteiger partial charge on any atom is 0.251 e. The molecule has 0 radical (unpaired) electrons. The summed E-state index contributed by atoms with van der Waals surface area (Å²) in [6, 6.07) is 9.32. The first kappa shape index (κ1) is 23.1. The molecule has 2 aromatic carbocycles. The fraction of sp³-hybridized carbons (Fsp3) is 0.318. The van der Waals surface area contributed by atoms with E-state index in [0.717, 1.165) is 17.7 Å². The largest absolute Gasteiger partial charge is 0.381 e. The van der Waals surface area contributed by atoms with Gasteiger partial charge in [-0.1, -0.05) is 18.2 Å². The van der Waals surface area contributed by atoms with Crippen LogP contribution in [0.1, 0.15) is 28.8 Å². The molecule has 0 aromatic heterocycles. The second kappa shape index (κ2) is 9.67. The topological polar surface area (TPSA) is 84.5 Å². The van der Waals surface area contributed by atoms with Crippen LogP contribution in [0.2, 0.25) is 0 Å². The molecule has 1 fully saturated rings. The molecule has 1 aliphatic heterocycles. The predicted octanol–water partition coefficient (Wildman–Crippen LogP) is 2.91. The average Bonchev–Trinajstić information content (AvgIpc) is 2.77. The Bertz CT molecular complexity index is 1050. The van der Waals surface area contributed by atoms with Crippen molar-refractivity contribution < 1.29 is 26.7 Å². The summed E-state index contributed by atoms with van der Waals surface area (Å²) < 4.78 is 59.7. The van der Waals surface area contributed by atoms with E-state index in [-0.39, 0.29) is 24.5 Å². The number of nitrogens with one attached hydrogen (secondary N) is 2. The second-order valence-corrected chi connectivity index (χ2v) is 9.10. The first-order valence-electron chi connectivity index (χ1n) is 9.79. The highest BCUT2D eigenvalue weighted by molar-refractivity contribution is 7.89. The van der Waals surface area contributed by atoms with Crippen molar-refractivity contribution in [3.8, 4) is 0 Å². The number of halogens is 2. The van der Waals surface area contributed by atoms with Gasteiger partial charge >= 0.3 is 0 Å². The molecule has 9 heteroatoms. The highest BCUT2D eigenvalue weighted by Crippen LogP contribution is 2.34. The van der Waals surface area contributed by atoms with Crippen LogP contribution in [0.3, 0.4) is 0 Å².